The summed E-state index contributed by atoms with van der Waals surface area (Å²) in [5, 5.41) is 12.1. The van der Waals surface area contributed by atoms with E-state index in [-0.39, 0.29) is 65.1 Å². The van der Waals surface area contributed by atoms with Gasteiger partial charge in [0.05, 0.1) is 29.0 Å². The van der Waals surface area contributed by atoms with Crippen molar-refractivity contribution in [3.8, 4) is 17.1 Å². The quantitative estimate of drug-likeness (QED) is 0.0823. The zero-order valence-electron chi connectivity index (χ0n) is 45.6. The van der Waals surface area contributed by atoms with Gasteiger partial charge in [0.15, 0.2) is 22.8 Å². The van der Waals surface area contributed by atoms with Gasteiger partial charge in [-0.05, 0) is 154 Å². The highest BCUT2D eigenvalue weighted by molar-refractivity contribution is 5.94. The van der Waals surface area contributed by atoms with Gasteiger partial charge in [-0.3, -0.25) is 24.1 Å². The highest BCUT2D eigenvalue weighted by Crippen LogP contribution is 2.68. The summed E-state index contributed by atoms with van der Waals surface area (Å²) in [6, 6.07) is 16.1. The third kappa shape index (κ3) is 8.93. The second-order valence-corrected chi connectivity index (χ2v) is 23.2. The number of esters is 2. The van der Waals surface area contributed by atoms with Crippen LogP contribution in [-0.2, 0) is 53.8 Å². The molecule has 406 valence electrons. The number of amides is 1. The summed E-state index contributed by atoms with van der Waals surface area (Å²) in [4.78, 5) is 90.2. The molecule has 15 heteroatoms. The Labute approximate surface area is 450 Å². The normalized spacial score (nSPS) is 26.5. The molecule has 7 aliphatic rings. The maximum Gasteiger partial charge on any atom is 0.415 e. The first-order valence-corrected chi connectivity index (χ1v) is 28.3. The van der Waals surface area contributed by atoms with E-state index in [1.165, 1.54) is 29.2 Å². The number of anilines is 1. The SMILES string of the molecule is CCc1c2c(nc3ccc(OC(=O)N4CCN(CCCCCCN(C)c5ccc(C6C[C@@]7(C)[C@@H](CC[C@]7(OC(C)=O)C(C)=O)[C@@H]7CCC8=CC(=O)CCC8=C67)cc5)CC4)cc13)-c1cc3c(c(=O)n1C2)COC(=O)[C@]3(O)CC. The van der Waals surface area contributed by atoms with E-state index in [1.807, 2.05) is 25.1 Å². The topological polar surface area (TPSA) is 178 Å². The summed E-state index contributed by atoms with van der Waals surface area (Å²) < 4.78 is 19.0. The Balaban J connectivity index is 0.663. The Bertz CT molecular complexity index is 3220. The van der Waals surface area contributed by atoms with Crippen LogP contribution in [0.1, 0.15) is 145 Å². The van der Waals surface area contributed by atoms with Gasteiger partial charge in [-0.2, -0.15) is 0 Å². The number of benzene rings is 2. The van der Waals surface area contributed by atoms with Crippen LogP contribution in [0.5, 0.6) is 5.75 Å². The molecule has 2 aromatic heterocycles. The van der Waals surface area contributed by atoms with E-state index in [9.17, 15) is 33.9 Å². The number of cyclic esters (lactones) is 1. The molecule has 4 aromatic rings. The number of nitrogens with zero attached hydrogens (tertiary/aromatic N) is 5. The molecule has 77 heavy (non-hydrogen) atoms. The fourth-order valence-corrected chi connectivity index (χ4v) is 15.1. The van der Waals surface area contributed by atoms with E-state index in [0.29, 0.717) is 61.6 Å². The smallest absolute Gasteiger partial charge is 0.415 e. The first-order valence-electron chi connectivity index (χ1n) is 28.3. The van der Waals surface area contributed by atoms with Crippen LogP contribution in [0, 0.1) is 17.3 Å². The Morgan fingerprint density at radius 1 is 0.909 bits per heavy atom. The van der Waals surface area contributed by atoms with Gasteiger partial charge in [0.2, 0.25) is 0 Å². The Morgan fingerprint density at radius 2 is 1.68 bits per heavy atom. The first kappa shape index (κ1) is 52.6. The molecule has 5 heterocycles. The van der Waals surface area contributed by atoms with Crippen LogP contribution in [0.15, 0.2) is 76.1 Å². The second kappa shape index (κ2) is 20.4. The van der Waals surface area contributed by atoms with Gasteiger partial charge in [-0.1, -0.05) is 51.3 Å². The average Bonchev–Trinajstić information content (AvgIpc) is 3.97. The van der Waals surface area contributed by atoms with Crippen molar-refractivity contribution in [3.05, 3.63) is 109 Å². The number of unbranched alkanes of at least 4 members (excludes halogenated alkanes) is 3. The van der Waals surface area contributed by atoms with Crippen LogP contribution in [-0.4, -0.2) is 106 Å². The van der Waals surface area contributed by atoms with Gasteiger partial charge in [-0.15, -0.1) is 0 Å². The number of ketones is 2. The molecule has 2 saturated carbocycles. The molecule has 1 N–H and O–H groups in total. The van der Waals surface area contributed by atoms with Crippen molar-refractivity contribution in [2.75, 3.05) is 51.2 Å². The number of hydrogen-bond acceptors (Lipinski definition) is 13. The Morgan fingerprint density at radius 3 is 2.40 bits per heavy atom. The third-order valence-corrected chi connectivity index (χ3v) is 19.2. The number of ether oxygens (including phenoxy) is 3. The molecule has 4 aliphatic carbocycles. The number of allylic oxidation sites excluding steroid dienone is 4. The standard InChI is InChI=1S/C62H73N5O10/c1-7-44-47-32-43(19-22-53(47)63-56-49(44)35-67-54(56)33-52-50(57(67)71)36-75-58(72)61(52,74)8-2)76-59(73)66-29-27-65(28-30-66)26-12-10-9-11-25-64(6)41-16-13-39(14-17-41)48-34-60(5)51(23-24-62(60,37(3)68)77-38(4)69)46-20-15-40-31-42(70)18-21-45(40)55(46)48/h13-14,16-17,19,22,31-33,46,48,51,74H,7-12,15,18,20-21,23-30,34-36H2,1-6H3/t46-,48?,51-,60-,61-,62-/m0/s1. The molecule has 0 radical (unpaired) electrons. The number of aryl methyl sites for hydroxylation is 1. The van der Waals surface area contributed by atoms with Crippen molar-refractivity contribution in [1.29, 1.82) is 0 Å². The molecule has 1 unspecified atom stereocenters. The lowest BCUT2D eigenvalue weighted by molar-refractivity contribution is -0.182. The number of carbonyl (C=O) groups is 5. The number of hydrogen-bond donors (Lipinski definition) is 1. The highest BCUT2D eigenvalue weighted by atomic mass is 16.6. The third-order valence-electron chi connectivity index (χ3n) is 19.2. The minimum absolute atomic E-state index is 0.0582. The summed E-state index contributed by atoms with van der Waals surface area (Å²) in [5.41, 5.74) is 6.90. The fourth-order valence-electron chi connectivity index (χ4n) is 15.1. The Hall–Kier alpha value is -6.45. The number of fused-ring (bicyclic) bond motifs is 9. The number of carbonyl (C=O) groups excluding carboxylic acids is 5. The fraction of sp³-hybridized carbons (Fsp3) is 0.532. The maximum atomic E-state index is 13.8. The zero-order chi connectivity index (χ0) is 54.1. The molecular weight excluding hydrogens is 975 g/mol. The van der Waals surface area contributed by atoms with Gasteiger partial charge in [0.25, 0.3) is 5.56 Å². The van der Waals surface area contributed by atoms with Crippen molar-refractivity contribution in [2.24, 2.45) is 17.3 Å². The molecule has 11 rings (SSSR count). The number of Topliss-reactive ketones (excluding diaryl/α,β-unsaturated/α-hetero) is 1. The van der Waals surface area contributed by atoms with Crippen LogP contribution >= 0.6 is 0 Å². The van der Waals surface area contributed by atoms with Gasteiger partial charge in [-0.25, -0.2) is 14.6 Å². The predicted molar refractivity (Wildman–Crippen MR) is 292 cm³/mol. The molecule has 6 atom stereocenters. The van der Waals surface area contributed by atoms with E-state index >= 15 is 0 Å². The van der Waals surface area contributed by atoms with Crippen LogP contribution in [0.2, 0.25) is 0 Å². The lowest BCUT2D eigenvalue weighted by Gasteiger charge is -2.55. The Kier molecular flexibility index (Phi) is 13.9. The monoisotopic (exact) mass is 1050 g/mol. The predicted octanol–water partition coefficient (Wildman–Crippen LogP) is 9.25. The van der Waals surface area contributed by atoms with E-state index in [2.05, 4.69) is 48.0 Å². The molecule has 0 bridgehead atoms. The lowest BCUT2D eigenvalue weighted by atomic mass is 9.50. The minimum Gasteiger partial charge on any atom is -0.458 e. The maximum absolute atomic E-state index is 13.8. The van der Waals surface area contributed by atoms with Gasteiger partial charge < -0.3 is 33.7 Å². The molecular formula is C62H73N5O10. The number of piperazine rings is 1. The minimum atomic E-state index is -1.90. The number of aliphatic hydroxyl groups is 1. The average molecular weight is 1050 g/mol. The molecule has 3 aliphatic heterocycles. The molecule has 15 nitrogen and oxygen atoms in total. The van der Waals surface area contributed by atoms with Crippen molar-refractivity contribution >= 4 is 46.2 Å². The van der Waals surface area contributed by atoms with E-state index in [0.717, 1.165) is 106 Å². The molecule has 1 saturated heterocycles. The van der Waals surface area contributed by atoms with Gasteiger partial charge >= 0.3 is 18.0 Å². The lowest BCUT2D eigenvalue weighted by Crippen LogP contribution is -2.57. The molecule has 2 aromatic carbocycles. The van der Waals surface area contributed by atoms with Crippen molar-refractivity contribution in [2.45, 2.75) is 148 Å². The zero-order valence-corrected chi connectivity index (χ0v) is 45.6. The summed E-state index contributed by atoms with van der Waals surface area (Å²) in [6.45, 7) is 13.7. The second-order valence-electron chi connectivity index (χ2n) is 23.2. The summed E-state index contributed by atoms with van der Waals surface area (Å²) in [6.07, 6.45) is 11.9. The molecule has 1 amide bonds. The summed E-state index contributed by atoms with van der Waals surface area (Å²) >= 11 is 0. The van der Waals surface area contributed by atoms with Crippen LogP contribution in [0.4, 0.5) is 10.5 Å². The number of aromatic nitrogens is 2. The number of pyridine rings is 2. The van der Waals surface area contributed by atoms with E-state index in [1.54, 1.807) is 35.4 Å². The van der Waals surface area contributed by atoms with E-state index in [4.69, 9.17) is 19.2 Å². The molecule has 3 fully saturated rings. The van der Waals surface area contributed by atoms with Gasteiger partial charge in [0.1, 0.15) is 12.4 Å². The first-order chi connectivity index (χ1) is 37.0. The van der Waals surface area contributed by atoms with Crippen LogP contribution in [0.25, 0.3) is 22.3 Å². The van der Waals surface area contributed by atoms with E-state index < -0.39 is 28.6 Å². The summed E-state index contributed by atoms with van der Waals surface area (Å²) in [7, 11) is 2.15. The van der Waals surface area contributed by atoms with Crippen LogP contribution < -0.4 is 15.2 Å². The molecule has 0 spiro atoms. The summed E-state index contributed by atoms with van der Waals surface area (Å²) in [5.74, 6) is -0.0134. The number of rotatable bonds is 14. The van der Waals surface area contributed by atoms with Crippen LogP contribution in [0.3, 0.4) is 0 Å². The highest BCUT2D eigenvalue weighted by Gasteiger charge is 2.67. The van der Waals surface area contributed by atoms with Crippen molar-refractivity contribution in [3.63, 3.8) is 0 Å². The van der Waals surface area contributed by atoms with Crippen molar-refractivity contribution in [1.82, 2.24) is 19.4 Å². The van der Waals surface area contributed by atoms with Gasteiger partial charge in [0, 0.05) is 86.6 Å². The van der Waals surface area contributed by atoms with Crippen molar-refractivity contribution < 1.29 is 43.3 Å². The largest absolute Gasteiger partial charge is 0.458 e.